The summed E-state index contributed by atoms with van der Waals surface area (Å²) in [4.78, 5) is 22.2. The number of carbonyl (C=O) groups is 2. The predicted octanol–water partition coefficient (Wildman–Crippen LogP) is 2.57. The topological polar surface area (TPSA) is 78.4 Å². The van der Waals surface area contributed by atoms with Crippen LogP contribution in [0.2, 0.25) is 0 Å². The van der Waals surface area contributed by atoms with Crippen LogP contribution in [0.3, 0.4) is 0 Å². The summed E-state index contributed by atoms with van der Waals surface area (Å²) in [6.07, 6.45) is 0.261. The van der Waals surface area contributed by atoms with E-state index in [0.717, 1.165) is 6.07 Å². The maximum absolute atomic E-state index is 13.2. The van der Waals surface area contributed by atoms with Crippen LogP contribution in [0.1, 0.15) is 13.3 Å². The fraction of sp³-hybridized carbons (Fsp3) is 0.273. The van der Waals surface area contributed by atoms with Crippen molar-refractivity contribution in [2.75, 3.05) is 5.32 Å². The first-order valence-corrected chi connectivity index (χ1v) is 5.98. The van der Waals surface area contributed by atoms with Gasteiger partial charge in [0.25, 0.3) is 0 Å². The second-order valence-electron chi connectivity index (χ2n) is 3.53. The van der Waals surface area contributed by atoms with Gasteiger partial charge in [-0.2, -0.15) is 0 Å². The number of nitrogens with one attached hydrogen (secondary N) is 2. The summed E-state index contributed by atoms with van der Waals surface area (Å²) in [5, 5.41) is 13.4. The molecule has 1 rings (SSSR count). The molecule has 18 heavy (non-hydrogen) atoms. The number of halogens is 2. The molecule has 0 saturated heterocycles. The minimum atomic E-state index is -1.12. The quantitative estimate of drug-likeness (QED) is 0.798. The summed E-state index contributed by atoms with van der Waals surface area (Å²) >= 11 is 2.99. The molecule has 0 unspecified atom stereocenters. The highest BCUT2D eigenvalue weighted by atomic mass is 79.9. The van der Waals surface area contributed by atoms with Crippen LogP contribution in [-0.4, -0.2) is 23.1 Å². The van der Waals surface area contributed by atoms with Crippen LogP contribution in [0.15, 0.2) is 22.7 Å². The lowest BCUT2D eigenvalue weighted by Crippen LogP contribution is -2.42. The van der Waals surface area contributed by atoms with Gasteiger partial charge in [-0.25, -0.2) is 14.0 Å². The molecule has 0 aromatic heterocycles. The molecule has 0 radical (unpaired) electrons. The van der Waals surface area contributed by atoms with Crippen molar-refractivity contribution in [2.24, 2.45) is 0 Å². The molecule has 1 aromatic carbocycles. The zero-order valence-electron chi connectivity index (χ0n) is 9.54. The van der Waals surface area contributed by atoms with Crippen molar-refractivity contribution in [1.29, 1.82) is 0 Å². The molecule has 2 amide bonds. The summed E-state index contributed by atoms with van der Waals surface area (Å²) in [5.41, 5.74) is 0.244. The Labute approximate surface area is 112 Å². The Bertz CT molecular complexity index is 468. The van der Waals surface area contributed by atoms with Crippen molar-refractivity contribution >= 4 is 33.6 Å². The molecule has 0 bridgehead atoms. The third-order valence-electron chi connectivity index (χ3n) is 2.19. The van der Waals surface area contributed by atoms with Gasteiger partial charge in [0.2, 0.25) is 0 Å². The van der Waals surface area contributed by atoms with E-state index in [1.165, 1.54) is 12.1 Å². The average Bonchev–Trinajstić information content (AvgIpc) is 2.30. The van der Waals surface area contributed by atoms with Crippen molar-refractivity contribution in [3.8, 4) is 0 Å². The first-order valence-electron chi connectivity index (χ1n) is 5.19. The third kappa shape index (κ3) is 3.99. The van der Waals surface area contributed by atoms with Crippen LogP contribution in [0.4, 0.5) is 14.9 Å². The molecular formula is C11H12BrFN2O3. The smallest absolute Gasteiger partial charge is 0.326 e. The van der Waals surface area contributed by atoms with E-state index in [1.807, 2.05) is 0 Å². The lowest BCUT2D eigenvalue weighted by atomic mass is 10.2. The zero-order chi connectivity index (χ0) is 13.7. The number of hydrogen-bond donors (Lipinski definition) is 3. The minimum Gasteiger partial charge on any atom is -0.480 e. The number of carboxylic acid groups (broad SMARTS) is 1. The Kier molecular flexibility index (Phi) is 5.08. The Morgan fingerprint density at radius 2 is 2.17 bits per heavy atom. The van der Waals surface area contributed by atoms with Gasteiger partial charge >= 0.3 is 12.0 Å². The molecule has 7 heteroatoms. The number of hydrogen-bond acceptors (Lipinski definition) is 2. The minimum absolute atomic E-state index is 0.244. The molecule has 98 valence electrons. The summed E-state index contributed by atoms with van der Waals surface area (Å²) < 4.78 is 13.5. The lowest BCUT2D eigenvalue weighted by molar-refractivity contribution is -0.139. The molecular weight excluding hydrogens is 307 g/mol. The molecule has 0 heterocycles. The maximum Gasteiger partial charge on any atom is 0.326 e. The molecule has 0 fully saturated rings. The number of amides is 2. The molecule has 0 aliphatic heterocycles. The summed E-state index contributed by atoms with van der Waals surface area (Å²) in [5.74, 6) is -1.63. The second-order valence-corrected chi connectivity index (χ2v) is 4.38. The van der Waals surface area contributed by atoms with Gasteiger partial charge in [0, 0.05) is 5.69 Å². The fourth-order valence-corrected chi connectivity index (χ4v) is 1.48. The van der Waals surface area contributed by atoms with E-state index in [2.05, 4.69) is 26.6 Å². The molecule has 5 nitrogen and oxygen atoms in total. The molecule has 0 aliphatic rings. The number of benzene rings is 1. The molecule has 0 saturated carbocycles. The van der Waals surface area contributed by atoms with Gasteiger partial charge in [0.15, 0.2) is 0 Å². The molecule has 3 N–H and O–H groups in total. The van der Waals surface area contributed by atoms with Crippen molar-refractivity contribution in [2.45, 2.75) is 19.4 Å². The summed E-state index contributed by atoms with van der Waals surface area (Å²) in [7, 11) is 0. The lowest BCUT2D eigenvalue weighted by Gasteiger charge is -2.13. The SMILES string of the molecule is CC[C@@H](NC(=O)Nc1ccc(Br)c(F)c1)C(=O)O. The monoisotopic (exact) mass is 318 g/mol. The summed E-state index contributed by atoms with van der Waals surface area (Å²) in [6, 6.07) is 2.41. The van der Waals surface area contributed by atoms with Crippen LogP contribution >= 0.6 is 15.9 Å². The van der Waals surface area contributed by atoms with Gasteiger partial charge in [-0.15, -0.1) is 0 Å². The number of urea groups is 1. The fourth-order valence-electron chi connectivity index (χ4n) is 1.24. The molecule has 1 atom stereocenters. The van der Waals surface area contributed by atoms with Crippen molar-refractivity contribution in [3.05, 3.63) is 28.5 Å². The van der Waals surface area contributed by atoms with E-state index in [0.29, 0.717) is 0 Å². The van der Waals surface area contributed by atoms with Gasteiger partial charge in [0.05, 0.1) is 4.47 Å². The van der Waals surface area contributed by atoms with Gasteiger partial charge in [0.1, 0.15) is 11.9 Å². The first-order chi connectivity index (χ1) is 8.43. The number of carboxylic acids is 1. The molecule has 0 spiro atoms. The van der Waals surface area contributed by atoms with Crippen molar-refractivity contribution < 1.29 is 19.1 Å². The second kappa shape index (κ2) is 6.34. The van der Waals surface area contributed by atoms with Crippen LogP contribution in [-0.2, 0) is 4.79 Å². The normalized spacial score (nSPS) is 11.7. The van der Waals surface area contributed by atoms with E-state index >= 15 is 0 Å². The highest BCUT2D eigenvalue weighted by molar-refractivity contribution is 9.10. The maximum atomic E-state index is 13.2. The van der Waals surface area contributed by atoms with Gasteiger partial charge in [-0.3, -0.25) is 0 Å². The van der Waals surface area contributed by atoms with Crippen LogP contribution in [0.5, 0.6) is 0 Å². The highest BCUT2D eigenvalue weighted by Crippen LogP contribution is 2.19. The Morgan fingerprint density at radius 3 is 2.67 bits per heavy atom. The molecule has 0 aliphatic carbocycles. The Balaban J connectivity index is 2.64. The van der Waals surface area contributed by atoms with E-state index in [9.17, 15) is 14.0 Å². The third-order valence-corrected chi connectivity index (χ3v) is 2.83. The Morgan fingerprint density at radius 1 is 1.50 bits per heavy atom. The van der Waals surface area contributed by atoms with Gasteiger partial charge in [-0.1, -0.05) is 6.92 Å². The van der Waals surface area contributed by atoms with E-state index in [1.54, 1.807) is 6.92 Å². The average molecular weight is 319 g/mol. The highest BCUT2D eigenvalue weighted by Gasteiger charge is 2.17. The largest absolute Gasteiger partial charge is 0.480 e. The van der Waals surface area contributed by atoms with Gasteiger partial charge < -0.3 is 15.7 Å². The summed E-state index contributed by atoms with van der Waals surface area (Å²) in [6.45, 7) is 1.64. The van der Waals surface area contributed by atoms with Crippen LogP contribution in [0, 0.1) is 5.82 Å². The number of aliphatic carboxylic acids is 1. The number of anilines is 1. The van der Waals surface area contributed by atoms with E-state index < -0.39 is 23.9 Å². The van der Waals surface area contributed by atoms with Crippen molar-refractivity contribution in [1.82, 2.24) is 5.32 Å². The number of carbonyl (C=O) groups excluding carboxylic acids is 1. The van der Waals surface area contributed by atoms with Crippen molar-refractivity contribution in [3.63, 3.8) is 0 Å². The first kappa shape index (κ1) is 14.4. The Hall–Kier alpha value is -1.63. The van der Waals surface area contributed by atoms with Crippen LogP contribution < -0.4 is 10.6 Å². The zero-order valence-corrected chi connectivity index (χ0v) is 11.1. The predicted molar refractivity (Wildman–Crippen MR) is 68.0 cm³/mol. The van der Waals surface area contributed by atoms with Crippen LogP contribution in [0.25, 0.3) is 0 Å². The number of rotatable bonds is 4. The molecule has 1 aromatic rings. The van der Waals surface area contributed by atoms with E-state index in [4.69, 9.17) is 5.11 Å². The van der Waals surface area contributed by atoms with E-state index in [-0.39, 0.29) is 16.6 Å². The van der Waals surface area contributed by atoms with Gasteiger partial charge in [-0.05, 0) is 40.5 Å². The standard InChI is InChI=1S/C11H12BrFN2O3/c1-2-9(10(16)17)15-11(18)14-6-3-4-7(12)8(13)5-6/h3-5,9H,2H2,1H3,(H,16,17)(H2,14,15,18)/t9-/m1/s1.